The molecule has 190 valence electrons. The lowest BCUT2D eigenvalue weighted by Crippen LogP contribution is -2.59. The van der Waals surface area contributed by atoms with E-state index >= 15 is 0 Å². The summed E-state index contributed by atoms with van der Waals surface area (Å²) in [5, 5.41) is 5.99. The van der Waals surface area contributed by atoms with Crippen LogP contribution in [0.15, 0.2) is 18.2 Å². The third-order valence-electron chi connectivity index (χ3n) is 7.74. The molecule has 0 radical (unpaired) electrons. The molecule has 0 spiro atoms. The van der Waals surface area contributed by atoms with Crippen molar-refractivity contribution in [3.63, 3.8) is 0 Å². The van der Waals surface area contributed by atoms with Gasteiger partial charge in [-0.2, -0.15) is 0 Å². The number of aromatic nitrogens is 2. The van der Waals surface area contributed by atoms with Crippen LogP contribution in [-0.4, -0.2) is 82.4 Å². The highest BCUT2D eigenvalue weighted by molar-refractivity contribution is 5.97. The van der Waals surface area contributed by atoms with Crippen molar-refractivity contribution < 1.29 is 14.4 Å². The number of hydrogen-bond acceptors (Lipinski definition) is 5. The number of imidazole rings is 1. The molecule has 0 bridgehead atoms. The average Bonchev–Trinajstić information content (AvgIpc) is 3.18. The molecule has 2 N–H and O–H groups in total. The Morgan fingerprint density at radius 3 is 2.34 bits per heavy atom. The molecule has 9 nitrogen and oxygen atoms in total. The van der Waals surface area contributed by atoms with Crippen molar-refractivity contribution in [1.82, 2.24) is 30.0 Å². The van der Waals surface area contributed by atoms with E-state index in [1.807, 2.05) is 46.5 Å². The molecule has 1 saturated heterocycles. The van der Waals surface area contributed by atoms with Crippen LogP contribution < -0.4 is 10.6 Å². The maximum Gasteiger partial charge on any atom is 0.254 e. The highest BCUT2D eigenvalue weighted by Gasteiger charge is 2.36. The predicted octanol–water partition coefficient (Wildman–Crippen LogP) is 1.84. The number of carbonyl (C=O) groups excluding carboxylic acids is 3. The maximum atomic E-state index is 13.6. The summed E-state index contributed by atoms with van der Waals surface area (Å²) in [6.07, 6.45) is 5.28. The van der Waals surface area contributed by atoms with Crippen molar-refractivity contribution in [2.24, 2.45) is 13.0 Å². The van der Waals surface area contributed by atoms with Gasteiger partial charge in [-0.25, -0.2) is 4.98 Å². The van der Waals surface area contributed by atoms with Gasteiger partial charge in [0, 0.05) is 38.8 Å². The van der Waals surface area contributed by atoms with Crippen molar-refractivity contribution in [3.8, 4) is 0 Å². The number of piperazine rings is 1. The van der Waals surface area contributed by atoms with Gasteiger partial charge in [0.2, 0.25) is 11.8 Å². The molecule has 9 heteroatoms. The number of fused-ring (bicyclic) bond motifs is 1. The highest BCUT2D eigenvalue weighted by atomic mass is 16.2. The van der Waals surface area contributed by atoms with Gasteiger partial charge in [0.05, 0.1) is 17.1 Å². The lowest BCUT2D eigenvalue weighted by molar-refractivity contribution is -0.140. The Morgan fingerprint density at radius 2 is 1.69 bits per heavy atom. The minimum Gasteiger partial charge on any atom is -0.343 e. The maximum absolute atomic E-state index is 13.6. The van der Waals surface area contributed by atoms with E-state index in [1.54, 1.807) is 14.0 Å². The fourth-order valence-electron chi connectivity index (χ4n) is 5.21. The number of likely N-dealkylation sites (N-methyl/N-ethyl adjacent to an activating group) is 1. The molecule has 1 unspecified atom stereocenters. The molecule has 1 aromatic carbocycles. The monoisotopic (exact) mass is 482 g/mol. The van der Waals surface area contributed by atoms with E-state index in [0.29, 0.717) is 31.7 Å². The van der Waals surface area contributed by atoms with Crippen LogP contribution in [0.1, 0.15) is 55.2 Å². The van der Waals surface area contributed by atoms with Gasteiger partial charge in [0.25, 0.3) is 5.91 Å². The lowest BCUT2D eigenvalue weighted by atomic mass is 9.83. The first-order valence-electron chi connectivity index (χ1n) is 12.8. The molecule has 2 atom stereocenters. The lowest BCUT2D eigenvalue weighted by Gasteiger charge is -2.39. The number of amides is 3. The van der Waals surface area contributed by atoms with E-state index in [1.165, 1.54) is 6.42 Å². The van der Waals surface area contributed by atoms with Gasteiger partial charge in [-0.05, 0) is 57.9 Å². The van der Waals surface area contributed by atoms with Crippen LogP contribution in [0.25, 0.3) is 11.0 Å². The Hall–Kier alpha value is -2.94. The van der Waals surface area contributed by atoms with E-state index < -0.39 is 6.04 Å². The molecular weight excluding hydrogens is 444 g/mol. The molecule has 2 heterocycles. The molecule has 3 amide bonds. The van der Waals surface area contributed by atoms with Crippen molar-refractivity contribution in [2.45, 2.75) is 58.0 Å². The van der Waals surface area contributed by atoms with Gasteiger partial charge < -0.3 is 25.0 Å². The Labute approximate surface area is 207 Å². The first-order chi connectivity index (χ1) is 16.8. The predicted molar refractivity (Wildman–Crippen MR) is 135 cm³/mol. The Balaban J connectivity index is 1.42. The molecule has 1 saturated carbocycles. The van der Waals surface area contributed by atoms with E-state index in [2.05, 4.69) is 15.6 Å². The summed E-state index contributed by atoms with van der Waals surface area (Å²) in [6.45, 7) is 5.64. The van der Waals surface area contributed by atoms with Crippen LogP contribution in [-0.2, 0) is 16.6 Å². The standard InChI is InChI=1S/C26H38N6O3/c1-17(27-3)24(33)29-23(19-8-6-5-7-9-19)26(35)32-14-12-31(13-15-32)25(34)20-10-11-21-22(16-20)30(4)18(2)28-21/h10-11,16-17,19,23,27H,5-9,12-15H2,1-4H3,(H,29,33)/t17-,23?/m0/s1. The van der Waals surface area contributed by atoms with Gasteiger partial charge in [0.15, 0.2) is 0 Å². The zero-order chi connectivity index (χ0) is 25.1. The Kier molecular flexibility index (Phi) is 7.74. The Morgan fingerprint density at radius 1 is 1.03 bits per heavy atom. The normalized spacial score (nSPS) is 19.0. The smallest absolute Gasteiger partial charge is 0.254 e. The van der Waals surface area contributed by atoms with Crippen molar-refractivity contribution >= 4 is 28.8 Å². The molecule has 1 aromatic heterocycles. The van der Waals surface area contributed by atoms with Crippen LogP contribution >= 0.6 is 0 Å². The van der Waals surface area contributed by atoms with Crippen LogP contribution in [0.4, 0.5) is 0 Å². The molecule has 1 aliphatic heterocycles. The zero-order valence-corrected chi connectivity index (χ0v) is 21.3. The summed E-state index contributed by atoms with van der Waals surface area (Å²) >= 11 is 0. The van der Waals surface area contributed by atoms with E-state index in [4.69, 9.17) is 0 Å². The van der Waals surface area contributed by atoms with E-state index in [0.717, 1.165) is 42.5 Å². The van der Waals surface area contributed by atoms with Gasteiger partial charge in [-0.3, -0.25) is 14.4 Å². The van der Waals surface area contributed by atoms with Crippen molar-refractivity contribution in [2.75, 3.05) is 33.2 Å². The fourth-order valence-corrected chi connectivity index (χ4v) is 5.21. The zero-order valence-electron chi connectivity index (χ0n) is 21.3. The fraction of sp³-hybridized carbons (Fsp3) is 0.615. The van der Waals surface area contributed by atoms with Crippen molar-refractivity contribution in [1.29, 1.82) is 0 Å². The number of nitrogens with zero attached hydrogens (tertiary/aromatic N) is 4. The Bertz CT molecular complexity index is 1080. The van der Waals surface area contributed by atoms with Crippen molar-refractivity contribution in [3.05, 3.63) is 29.6 Å². The number of hydrogen-bond donors (Lipinski definition) is 2. The molecular formula is C26H38N6O3. The molecule has 2 aromatic rings. The highest BCUT2D eigenvalue weighted by Crippen LogP contribution is 2.28. The number of rotatable bonds is 6. The number of nitrogens with one attached hydrogen (secondary N) is 2. The van der Waals surface area contributed by atoms with E-state index in [-0.39, 0.29) is 29.7 Å². The summed E-state index contributed by atoms with van der Waals surface area (Å²) in [4.78, 5) is 47.5. The third-order valence-corrected chi connectivity index (χ3v) is 7.74. The SMILES string of the molecule is CN[C@@H](C)C(=O)NC(C(=O)N1CCN(C(=O)c2ccc3nc(C)n(C)c3c2)CC1)C1CCCCC1. The molecule has 2 aliphatic rings. The topological polar surface area (TPSA) is 99.6 Å². The summed E-state index contributed by atoms with van der Waals surface area (Å²) in [5.41, 5.74) is 2.44. The second kappa shape index (κ2) is 10.8. The number of benzene rings is 1. The summed E-state index contributed by atoms with van der Waals surface area (Å²) in [6, 6.07) is 4.75. The summed E-state index contributed by atoms with van der Waals surface area (Å²) in [7, 11) is 3.69. The van der Waals surface area contributed by atoms with Gasteiger partial charge >= 0.3 is 0 Å². The van der Waals surface area contributed by atoms with Crippen LogP contribution in [0.5, 0.6) is 0 Å². The average molecular weight is 483 g/mol. The van der Waals surface area contributed by atoms with Crippen LogP contribution in [0, 0.1) is 12.8 Å². The van der Waals surface area contributed by atoms with Gasteiger partial charge in [-0.15, -0.1) is 0 Å². The first kappa shape index (κ1) is 25.2. The van der Waals surface area contributed by atoms with Crippen LogP contribution in [0.2, 0.25) is 0 Å². The van der Waals surface area contributed by atoms with Crippen LogP contribution in [0.3, 0.4) is 0 Å². The molecule has 1 aliphatic carbocycles. The molecule has 4 rings (SSSR count). The number of aryl methyl sites for hydroxylation is 2. The largest absolute Gasteiger partial charge is 0.343 e. The second-order valence-electron chi connectivity index (χ2n) is 9.93. The minimum absolute atomic E-state index is 0.0209. The van der Waals surface area contributed by atoms with Gasteiger partial charge in [0.1, 0.15) is 11.9 Å². The summed E-state index contributed by atoms with van der Waals surface area (Å²) < 4.78 is 1.98. The quantitative estimate of drug-likeness (QED) is 0.655. The summed E-state index contributed by atoms with van der Waals surface area (Å²) in [5.74, 6) is 0.870. The molecule has 2 fully saturated rings. The third kappa shape index (κ3) is 5.34. The van der Waals surface area contributed by atoms with E-state index in [9.17, 15) is 14.4 Å². The number of carbonyl (C=O) groups is 3. The molecule has 35 heavy (non-hydrogen) atoms. The van der Waals surface area contributed by atoms with Gasteiger partial charge in [-0.1, -0.05) is 19.3 Å². The minimum atomic E-state index is -0.503. The second-order valence-corrected chi connectivity index (χ2v) is 9.93. The first-order valence-corrected chi connectivity index (χ1v) is 12.8.